The zero-order valence-corrected chi connectivity index (χ0v) is 16.5. The number of sulfonamides is 1. The third-order valence-corrected chi connectivity index (χ3v) is 6.31. The van der Waals surface area contributed by atoms with E-state index >= 15 is 0 Å². The normalized spacial score (nSPS) is 16.0. The summed E-state index contributed by atoms with van der Waals surface area (Å²) in [7, 11) is -3.59. The van der Waals surface area contributed by atoms with Crippen LogP contribution in [0.1, 0.15) is 11.1 Å². The molecule has 30 heavy (non-hydrogen) atoms. The molecular formula is C20H19F3N2O4S. The minimum Gasteiger partial charge on any atom is -0.379 e. The summed E-state index contributed by atoms with van der Waals surface area (Å²) in [4.78, 5) is 12.1. The maximum atomic E-state index is 12.6. The first-order chi connectivity index (χ1) is 14.2. The number of nitrogens with one attached hydrogen (secondary N) is 1. The van der Waals surface area contributed by atoms with E-state index in [0.29, 0.717) is 31.9 Å². The van der Waals surface area contributed by atoms with Crippen LogP contribution in [0.2, 0.25) is 0 Å². The quantitative estimate of drug-likeness (QED) is 0.724. The highest BCUT2D eigenvalue weighted by atomic mass is 32.2. The number of nitrogens with zero attached hydrogens (tertiary/aromatic N) is 1. The summed E-state index contributed by atoms with van der Waals surface area (Å²) < 4.78 is 69.3. The first-order valence-corrected chi connectivity index (χ1v) is 10.4. The molecular weight excluding hydrogens is 421 g/mol. The van der Waals surface area contributed by atoms with Crippen molar-refractivity contribution in [3.63, 3.8) is 0 Å². The van der Waals surface area contributed by atoms with Crippen molar-refractivity contribution in [1.82, 2.24) is 4.31 Å². The van der Waals surface area contributed by atoms with Crippen LogP contribution in [-0.4, -0.2) is 44.9 Å². The molecule has 0 atom stereocenters. The van der Waals surface area contributed by atoms with Gasteiger partial charge in [-0.3, -0.25) is 4.79 Å². The Morgan fingerprint density at radius 3 is 2.17 bits per heavy atom. The molecule has 0 saturated carbocycles. The van der Waals surface area contributed by atoms with Gasteiger partial charge in [-0.1, -0.05) is 12.1 Å². The highest BCUT2D eigenvalue weighted by Crippen LogP contribution is 2.29. The van der Waals surface area contributed by atoms with Crippen LogP contribution in [0.15, 0.2) is 59.5 Å². The second kappa shape index (κ2) is 8.99. The Balaban J connectivity index is 1.61. The fourth-order valence-corrected chi connectivity index (χ4v) is 4.19. The summed E-state index contributed by atoms with van der Waals surface area (Å²) >= 11 is 0. The molecule has 2 aromatic rings. The summed E-state index contributed by atoms with van der Waals surface area (Å²) in [6.45, 7) is 1.31. The molecule has 0 spiro atoms. The lowest BCUT2D eigenvalue weighted by Crippen LogP contribution is -2.40. The molecule has 0 unspecified atom stereocenters. The van der Waals surface area contributed by atoms with Crippen LogP contribution in [0, 0.1) is 0 Å². The van der Waals surface area contributed by atoms with Gasteiger partial charge in [-0.15, -0.1) is 0 Å². The lowest BCUT2D eigenvalue weighted by molar-refractivity contribution is -0.137. The van der Waals surface area contributed by atoms with Crippen molar-refractivity contribution in [2.24, 2.45) is 0 Å². The van der Waals surface area contributed by atoms with Gasteiger partial charge in [0.2, 0.25) is 15.9 Å². The van der Waals surface area contributed by atoms with Crippen molar-refractivity contribution in [1.29, 1.82) is 0 Å². The third-order valence-electron chi connectivity index (χ3n) is 4.39. The number of morpholine rings is 1. The standard InChI is InChI=1S/C20H19F3N2O4S/c21-20(22,23)16-4-6-17(7-5-16)24-19(26)10-3-15-1-8-18(9-2-15)30(27,28)25-11-13-29-14-12-25/h1-10H,11-14H2,(H,24,26)/b10-3+. The number of rotatable bonds is 5. The van der Waals surface area contributed by atoms with E-state index in [1.54, 1.807) is 12.1 Å². The van der Waals surface area contributed by atoms with Crippen molar-refractivity contribution in [2.75, 3.05) is 31.6 Å². The number of carbonyl (C=O) groups is 1. The summed E-state index contributed by atoms with van der Waals surface area (Å²) in [6.07, 6.45) is -1.75. The van der Waals surface area contributed by atoms with E-state index in [2.05, 4.69) is 5.32 Å². The van der Waals surface area contributed by atoms with E-state index in [1.165, 1.54) is 40.7 Å². The highest BCUT2D eigenvalue weighted by Gasteiger charge is 2.30. The molecule has 1 amide bonds. The predicted molar refractivity (Wildman–Crippen MR) is 105 cm³/mol. The number of halogens is 3. The number of ether oxygens (including phenoxy) is 1. The Labute approximate surface area is 172 Å². The van der Waals surface area contributed by atoms with Crippen molar-refractivity contribution in [3.8, 4) is 0 Å². The van der Waals surface area contributed by atoms with Crippen LogP contribution in [0.4, 0.5) is 18.9 Å². The summed E-state index contributed by atoms with van der Waals surface area (Å²) in [5.41, 5.74) is 0.0197. The van der Waals surface area contributed by atoms with E-state index < -0.39 is 27.7 Å². The Kier molecular flexibility index (Phi) is 6.59. The Morgan fingerprint density at radius 1 is 1.00 bits per heavy atom. The zero-order valence-electron chi connectivity index (χ0n) is 15.7. The number of alkyl halides is 3. The van der Waals surface area contributed by atoms with E-state index in [-0.39, 0.29) is 10.6 Å². The van der Waals surface area contributed by atoms with E-state index in [1.807, 2.05) is 0 Å². The smallest absolute Gasteiger partial charge is 0.379 e. The number of anilines is 1. The number of amides is 1. The average molecular weight is 440 g/mol. The molecule has 160 valence electrons. The van der Waals surface area contributed by atoms with Gasteiger partial charge in [0.1, 0.15) is 0 Å². The monoisotopic (exact) mass is 440 g/mol. The number of hydrogen-bond donors (Lipinski definition) is 1. The molecule has 0 bridgehead atoms. The molecule has 0 radical (unpaired) electrons. The van der Waals surface area contributed by atoms with Gasteiger partial charge in [-0.25, -0.2) is 8.42 Å². The molecule has 2 aromatic carbocycles. The van der Waals surface area contributed by atoms with Crippen molar-refractivity contribution < 1.29 is 31.1 Å². The number of benzene rings is 2. The van der Waals surface area contributed by atoms with E-state index in [9.17, 15) is 26.4 Å². The molecule has 10 heteroatoms. The summed E-state index contributed by atoms with van der Waals surface area (Å²) in [5.74, 6) is -0.528. The van der Waals surface area contributed by atoms with Gasteiger partial charge in [0.05, 0.1) is 23.7 Å². The Bertz CT molecular complexity index is 1010. The molecule has 1 saturated heterocycles. The zero-order chi connectivity index (χ0) is 21.8. The molecule has 3 rings (SSSR count). The first kappa shape index (κ1) is 22.0. The number of hydrogen-bond acceptors (Lipinski definition) is 4. The fraction of sp³-hybridized carbons (Fsp3) is 0.250. The third kappa shape index (κ3) is 5.47. The molecule has 0 aliphatic carbocycles. The SMILES string of the molecule is O=C(/C=C/c1ccc(S(=O)(=O)N2CCOCC2)cc1)Nc1ccc(C(F)(F)F)cc1. The molecule has 1 aliphatic rings. The van der Waals surface area contributed by atoms with Crippen molar-refractivity contribution in [3.05, 3.63) is 65.7 Å². The number of carbonyl (C=O) groups excluding carboxylic acids is 1. The Morgan fingerprint density at radius 2 is 1.60 bits per heavy atom. The minimum atomic E-state index is -4.44. The van der Waals surface area contributed by atoms with Crippen LogP contribution >= 0.6 is 0 Å². The van der Waals surface area contributed by atoms with Gasteiger partial charge >= 0.3 is 6.18 Å². The molecule has 1 heterocycles. The van der Waals surface area contributed by atoms with Gasteiger partial charge in [0.15, 0.2) is 0 Å². The van der Waals surface area contributed by atoms with Crippen LogP contribution in [0.5, 0.6) is 0 Å². The topological polar surface area (TPSA) is 75.7 Å². The average Bonchev–Trinajstić information content (AvgIpc) is 2.73. The maximum absolute atomic E-state index is 12.6. The predicted octanol–water partition coefficient (Wildman–Crippen LogP) is 3.38. The van der Waals surface area contributed by atoms with Gasteiger partial charge in [0.25, 0.3) is 0 Å². The van der Waals surface area contributed by atoms with Crippen LogP contribution in [0.25, 0.3) is 6.08 Å². The highest BCUT2D eigenvalue weighted by molar-refractivity contribution is 7.89. The van der Waals surface area contributed by atoms with Gasteiger partial charge in [0, 0.05) is 24.9 Å². The molecule has 6 nitrogen and oxygen atoms in total. The molecule has 1 fully saturated rings. The van der Waals surface area contributed by atoms with E-state index in [0.717, 1.165) is 12.1 Å². The second-order valence-electron chi connectivity index (χ2n) is 6.48. The van der Waals surface area contributed by atoms with Crippen molar-refractivity contribution >= 4 is 27.7 Å². The van der Waals surface area contributed by atoms with Crippen molar-refractivity contribution in [2.45, 2.75) is 11.1 Å². The lowest BCUT2D eigenvalue weighted by Gasteiger charge is -2.26. The van der Waals surface area contributed by atoms with Gasteiger partial charge < -0.3 is 10.1 Å². The first-order valence-electron chi connectivity index (χ1n) is 9.00. The summed E-state index contributed by atoms with van der Waals surface area (Å²) in [5, 5.41) is 2.46. The van der Waals surface area contributed by atoms with Crippen LogP contribution < -0.4 is 5.32 Å². The Hall–Kier alpha value is -2.69. The summed E-state index contributed by atoms with van der Waals surface area (Å²) in [6, 6.07) is 10.1. The maximum Gasteiger partial charge on any atom is 0.416 e. The fourth-order valence-electron chi connectivity index (χ4n) is 2.79. The van der Waals surface area contributed by atoms with E-state index in [4.69, 9.17) is 4.74 Å². The second-order valence-corrected chi connectivity index (χ2v) is 8.42. The minimum absolute atomic E-state index is 0.149. The van der Waals surface area contributed by atoms with Crippen LogP contribution in [0.3, 0.4) is 0 Å². The van der Waals surface area contributed by atoms with Crippen LogP contribution in [-0.2, 0) is 25.7 Å². The van der Waals surface area contributed by atoms with Gasteiger partial charge in [-0.05, 0) is 48.0 Å². The molecule has 1 aliphatic heterocycles. The molecule has 1 N–H and O–H groups in total. The largest absolute Gasteiger partial charge is 0.416 e. The van der Waals surface area contributed by atoms with Gasteiger partial charge in [-0.2, -0.15) is 17.5 Å². The molecule has 0 aromatic heterocycles. The lowest BCUT2D eigenvalue weighted by atomic mass is 10.2.